The minimum Gasteiger partial charge on any atom is -0.547 e. The van der Waals surface area contributed by atoms with Gasteiger partial charge in [-0.05, 0) is 36.2 Å². The zero-order chi connectivity index (χ0) is 19.9. The van der Waals surface area contributed by atoms with Crippen molar-refractivity contribution in [2.45, 2.75) is 18.9 Å². The molecule has 0 fully saturated rings. The van der Waals surface area contributed by atoms with E-state index in [1.165, 1.54) is 19.2 Å². The summed E-state index contributed by atoms with van der Waals surface area (Å²) in [6.07, 6.45) is 0.245. The molecule has 0 saturated carbocycles. The van der Waals surface area contributed by atoms with Crippen LogP contribution in [0.5, 0.6) is 5.75 Å². The number of anilines is 2. The number of fused-ring (bicyclic) bond motifs is 1. The number of rotatable bonds is 9. The van der Waals surface area contributed by atoms with Crippen molar-refractivity contribution in [1.29, 1.82) is 0 Å². The van der Waals surface area contributed by atoms with Crippen molar-refractivity contribution < 1.29 is 23.8 Å². The van der Waals surface area contributed by atoms with Crippen molar-refractivity contribution in [3.8, 4) is 5.75 Å². The van der Waals surface area contributed by atoms with Gasteiger partial charge in [0.15, 0.2) is 0 Å². The Bertz CT molecular complexity index is 804. The Morgan fingerprint density at radius 2 is 2.07 bits per heavy atom. The number of carbonyl (C=O) groups is 1. The van der Waals surface area contributed by atoms with Gasteiger partial charge in [-0.25, -0.2) is 4.39 Å². The summed E-state index contributed by atoms with van der Waals surface area (Å²) in [5.41, 5.74) is 2.77. The van der Waals surface area contributed by atoms with E-state index in [4.69, 9.17) is 9.47 Å². The molecule has 0 unspecified atom stereocenters. The first-order valence-electron chi connectivity index (χ1n) is 9.30. The summed E-state index contributed by atoms with van der Waals surface area (Å²) in [5.74, 6) is -0.903. The minimum atomic E-state index is -1.21. The predicted molar refractivity (Wildman–Crippen MR) is 109 cm³/mol. The second-order valence-corrected chi connectivity index (χ2v) is 6.67. The maximum atomic E-state index is 13.3. The molecule has 0 radical (unpaired) electrons. The third-order valence-electron chi connectivity index (χ3n) is 4.74. The maximum Gasteiger partial charge on any atom is 2.00 e. The Labute approximate surface area is 186 Å². The molecular formula is C21H24FMgN2O4+. The van der Waals surface area contributed by atoms with Gasteiger partial charge in [-0.1, -0.05) is 12.1 Å². The molecule has 6 nitrogen and oxygen atoms in total. The number of hydrogen-bond donors (Lipinski definition) is 1. The molecular weight excluding hydrogens is 388 g/mol. The van der Waals surface area contributed by atoms with Crippen LogP contribution in [0.15, 0.2) is 42.5 Å². The summed E-state index contributed by atoms with van der Waals surface area (Å²) in [6, 6.07) is 12.2. The maximum absolute atomic E-state index is 13.3. The number of hydrogen-bond acceptors (Lipinski definition) is 6. The number of nitrogens with one attached hydrogen (secondary N) is 1. The van der Waals surface area contributed by atoms with Crippen LogP contribution in [0.2, 0.25) is 0 Å². The van der Waals surface area contributed by atoms with E-state index in [1.807, 2.05) is 24.3 Å². The molecule has 2 aromatic rings. The Hall–Kier alpha value is -2.03. The number of halogens is 1. The molecule has 0 bridgehead atoms. The van der Waals surface area contributed by atoms with Crippen LogP contribution in [0.1, 0.15) is 12.0 Å². The number of carbonyl (C=O) groups excluding carboxylic acids is 1. The Balaban J connectivity index is 0.00000300. The summed E-state index contributed by atoms with van der Waals surface area (Å²) in [7, 11) is 1.36. The predicted octanol–water partition coefficient (Wildman–Crippen LogP) is 1.45. The van der Waals surface area contributed by atoms with Gasteiger partial charge in [-0.2, -0.15) is 0 Å². The molecule has 1 atom stereocenters. The third-order valence-corrected chi connectivity index (χ3v) is 4.74. The molecule has 0 aromatic heterocycles. The standard InChI is InChI=1S/C21H25FN2O4.Mg/c1-27-20(21(25)26)13-15-3-6-17(7-4-15)23-9-2-10-24-11-12-28-19-14-16(22)5-8-18(19)24;/h3-8,14,20,23H,2,9-13H2,1H3,(H,25,26);/q;+2/p-1/t20-;/m0./s1. The molecule has 3 rings (SSSR count). The first-order chi connectivity index (χ1) is 13.6. The van der Waals surface area contributed by atoms with Gasteiger partial charge >= 0.3 is 23.1 Å². The van der Waals surface area contributed by atoms with Crippen molar-refractivity contribution in [3.05, 3.63) is 53.8 Å². The first-order valence-corrected chi connectivity index (χ1v) is 9.30. The molecule has 2 aromatic carbocycles. The molecule has 0 spiro atoms. The summed E-state index contributed by atoms with van der Waals surface area (Å²) in [6.45, 7) is 2.97. The van der Waals surface area contributed by atoms with Crippen LogP contribution < -0.4 is 20.1 Å². The molecule has 150 valence electrons. The molecule has 0 aliphatic carbocycles. The molecule has 29 heavy (non-hydrogen) atoms. The average molecular weight is 412 g/mol. The van der Waals surface area contributed by atoms with Crippen molar-refractivity contribution >= 4 is 40.4 Å². The number of carboxylic acid groups (broad SMARTS) is 1. The van der Waals surface area contributed by atoms with Crippen LogP contribution in [-0.2, 0) is 16.0 Å². The zero-order valence-electron chi connectivity index (χ0n) is 16.5. The monoisotopic (exact) mass is 411 g/mol. The Morgan fingerprint density at radius 3 is 2.76 bits per heavy atom. The topological polar surface area (TPSA) is 73.9 Å². The van der Waals surface area contributed by atoms with E-state index >= 15 is 0 Å². The second kappa shape index (κ2) is 11.2. The number of ether oxygens (including phenoxy) is 2. The summed E-state index contributed by atoms with van der Waals surface area (Å²) in [4.78, 5) is 13.1. The van der Waals surface area contributed by atoms with Gasteiger partial charge in [0.1, 0.15) is 24.3 Å². The van der Waals surface area contributed by atoms with Gasteiger partial charge in [0, 0.05) is 38.4 Å². The molecule has 0 amide bonds. The SMILES string of the molecule is CO[C@@H](Cc1ccc(NCCCN2CCOc3cc(F)ccc32)cc1)C(=O)[O-].[Mg+2]. The number of nitrogens with zero attached hydrogens (tertiary/aromatic N) is 1. The minimum absolute atomic E-state index is 0. The fraction of sp³-hybridized carbons (Fsp3) is 0.381. The van der Waals surface area contributed by atoms with Crippen molar-refractivity contribution in [1.82, 2.24) is 0 Å². The number of aliphatic carboxylic acids is 1. The van der Waals surface area contributed by atoms with Gasteiger partial charge in [0.2, 0.25) is 0 Å². The molecule has 0 saturated heterocycles. The molecule has 1 aliphatic rings. The Kier molecular flexibility index (Phi) is 9.00. The van der Waals surface area contributed by atoms with Crippen LogP contribution in [0.4, 0.5) is 15.8 Å². The van der Waals surface area contributed by atoms with E-state index in [0.29, 0.717) is 12.4 Å². The van der Waals surface area contributed by atoms with Crippen LogP contribution >= 0.6 is 0 Å². The molecule has 1 heterocycles. The van der Waals surface area contributed by atoms with Crippen LogP contribution in [0.25, 0.3) is 0 Å². The van der Waals surface area contributed by atoms with E-state index in [2.05, 4.69) is 10.2 Å². The number of carboxylic acids is 1. The summed E-state index contributed by atoms with van der Waals surface area (Å²) < 4.78 is 23.8. The normalized spacial score (nSPS) is 13.7. The average Bonchev–Trinajstić information content (AvgIpc) is 2.70. The van der Waals surface area contributed by atoms with E-state index in [9.17, 15) is 14.3 Å². The van der Waals surface area contributed by atoms with E-state index in [0.717, 1.165) is 43.0 Å². The fourth-order valence-electron chi connectivity index (χ4n) is 3.22. The Morgan fingerprint density at radius 1 is 1.31 bits per heavy atom. The summed E-state index contributed by atoms with van der Waals surface area (Å²) in [5, 5.41) is 14.3. The van der Waals surface area contributed by atoms with Gasteiger partial charge in [0.05, 0.1) is 18.2 Å². The van der Waals surface area contributed by atoms with Gasteiger partial charge < -0.3 is 29.6 Å². The fourth-order valence-corrected chi connectivity index (χ4v) is 3.22. The molecule has 1 N–H and O–H groups in total. The van der Waals surface area contributed by atoms with Crippen LogP contribution in [-0.4, -0.2) is 68.5 Å². The van der Waals surface area contributed by atoms with Gasteiger partial charge in [-0.15, -0.1) is 0 Å². The second-order valence-electron chi connectivity index (χ2n) is 6.67. The quantitative estimate of drug-likeness (QED) is 0.497. The van der Waals surface area contributed by atoms with Crippen molar-refractivity contribution in [3.63, 3.8) is 0 Å². The van der Waals surface area contributed by atoms with E-state index in [-0.39, 0.29) is 35.3 Å². The third kappa shape index (κ3) is 6.48. The molecule has 8 heteroatoms. The number of methoxy groups -OCH3 is 1. The van der Waals surface area contributed by atoms with Crippen LogP contribution in [0.3, 0.4) is 0 Å². The number of benzene rings is 2. The zero-order valence-corrected chi connectivity index (χ0v) is 17.9. The van der Waals surface area contributed by atoms with Gasteiger partial charge in [-0.3, -0.25) is 0 Å². The van der Waals surface area contributed by atoms with Gasteiger partial charge in [0.25, 0.3) is 0 Å². The smallest absolute Gasteiger partial charge is 0.547 e. The van der Waals surface area contributed by atoms with Crippen molar-refractivity contribution in [2.75, 3.05) is 43.6 Å². The first kappa shape index (κ1) is 23.2. The van der Waals surface area contributed by atoms with Crippen molar-refractivity contribution in [2.24, 2.45) is 0 Å². The summed E-state index contributed by atoms with van der Waals surface area (Å²) >= 11 is 0. The largest absolute Gasteiger partial charge is 2.00 e. The molecule has 1 aliphatic heterocycles. The van der Waals surface area contributed by atoms with E-state index in [1.54, 1.807) is 6.07 Å². The van der Waals surface area contributed by atoms with E-state index < -0.39 is 12.1 Å². The van der Waals surface area contributed by atoms with Crippen LogP contribution in [0, 0.1) is 5.82 Å².